The average molecular weight is 366 g/mol. The molecule has 0 saturated carbocycles. The van der Waals surface area contributed by atoms with Gasteiger partial charge in [0.15, 0.2) is 5.13 Å². The van der Waals surface area contributed by atoms with Crippen molar-refractivity contribution in [3.8, 4) is 11.3 Å². The van der Waals surface area contributed by atoms with E-state index in [9.17, 15) is 4.79 Å². The Hall–Kier alpha value is -2.60. The number of carbonyl (C=O) groups excluding carboxylic acids is 1. The molecule has 0 unspecified atom stereocenters. The molecule has 1 aromatic carbocycles. The number of aromatic amines is 1. The lowest BCUT2D eigenvalue weighted by molar-refractivity contribution is 0.0788. The van der Waals surface area contributed by atoms with Crippen molar-refractivity contribution in [2.24, 2.45) is 0 Å². The quantitative estimate of drug-likeness (QED) is 0.692. The smallest absolute Gasteiger partial charge is 0.270 e. The van der Waals surface area contributed by atoms with E-state index < -0.39 is 0 Å². The molecule has 5 nitrogen and oxygen atoms in total. The summed E-state index contributed by atoms with van der Waals surface area (Å²) in [6.45, 7) is 2.57. The van der Waals surface area contributed by atoms with Crippen LogP contribution in [0.5, 0.6) is 0 Å². The second kappa shape index (κ2) is 7.74. The first-order chi connectivity index (χ1) is 12.8. The van der Waals surface area contributed by atoms with Crippen LogP contribution in [0.4, 0.5) is 5.13 Å². The summed E-state index contributed by atoms with van der Waals surface area (Å²) in [6.07, 6.45) is 5.04. The topological polar surface area (TPSA) is 61.0 Å². The van der Waals surface area contributed by atoms with Gasteiger partial charge in [-0.15, -0.1) is 11.3 Å². The minimum Gasteiger partial charge on any atom is -0.361 e. The fraction of sp³-hybridized carbons (Fsp3) is 0.300. The summed E-state index contributed by atoms with van der Waals surface area (Å²) < 4.78 is 0. The van der Waals surface area contributed by atoms with Crippen LogP contribution in [0.15, 0.2) is 48.0 Å². The van der Waals surface area contributed by atoms with Gasteiger partial charge in [0.2, 0.25) is 0 Å². The maximum atomic E-state index is 12.4. The summed E-state index contributed by atoms with van der Waals surface area (Å²) in [5, 5.41) is 6.31. The molecular formula is C20H22N4OS. The summed E-state index contributed by atoms with van der Waals surface area (Å²) in [7, 11) is 0. The minimum atomic E-state index is 0.0881. The highest BCUT2D eigenvalue weighted by molar-refractivity contribution is 7.14. The van der Waals surface area contributed by atoms with Crippen LogP contribution < -0.4 is 5.32 Å². The number of aromatic nitrogens is 2. The van der Waals surface area contributed by atoms with Gasteiger partial charge in [-0.05, 0) is 30.9 Å². The fourth-order valence-corrected chi connectivity index (χ4v) is 3.95. The Balaban J connectivity index is 1.36. The van der Waals surface area contributed by atoms with Crippen LogP contribution in [0.3, 0.4) is 0 Å². The number of rotatable bonds is 6. The molecule has 134 valence electrons. The maximum absolute atomic E-state index is 12.4. The average Bonchev–Trinajstić information content (AvgIpc) is 3.42. The number of hydrogen-bond acceptors (Lipinski definition) is 4. The van der Waals surface area contributed by atoms with Gasteiger partial charge in [-0.2, -0.15) is 0 Å². The van der Waals surface area contributed by atoms with E-state index in [1.807, 2.05) is 28.6 Å². The summed E-state index contributed by atoms with van der Waals surface area (Å²) in [5.41, 5.74) is 3.81. The molecule has 1 saturated heterocycles. The first-order valence-electron chi connectivity index (χ1n) is 9.01. The molecule has 0 bridgehead atoms. The normalized spacial score (nSPS) is 13.9. The van der Waals surface area contributed by atoms with Gasteiger partial charge in [0.05, 0.1) is 5.69 Å². The summed E-state index contributed by atoms with van der Waals surface area (Å²) in [4.78, 5) is 22.1. The van der Waals surface area contributed by atoms with Gasteiger partial charge < -0.3 is 15.2 Å². The molecule has 26 heavy (non-hydrogen) atoms. The molecular weight excluding hydrogens is 344 g/mol. The SMILES string of the molecule is O=C(c1cc(-c2csc(NCCc3ccccc3)n2)c[nH]1)N1CCCC1. The van der Waals surface area contributed by atoms with Crippen molar-refractivity contribution in [3.63, 3.8) is 0 Å². The number of carbonyl (C=O) groups is 1. The zero-order valence-corrected chi connectivity index (χ0v) is 15.4. The Morgan fingerprint density at radius 2 is 2.04 bits per heavy atom. The molecule has 2 N–H and O–H groups in total. The first-order valence-corrected chi connectivity index (χ1v) is 9.89. The lowest BCUT2D eigenvalue weighted by atomic mass is 10.1. The highest BCUT2D eigenvalue weighted by Crippen LogP contribution is 2.26. The minimum absolute atomic E-state index is 0.0881. The molecule has 3 heterocycles. The fourth-order valence-electron chi connectivity index (χ4n) is 3.20. The number of hydrogen-bond donors (Lipinski definition) is 2. The Labute approximate surface area is 157 Å². The van der Waals surface area contributed by atoms with E-state index in [-0.39, 0.29) is 5.91 Å². The molecule has 1 aliphatic heterocycles. The van der Waals surface area contributed by atoms with Crippen molar-refractivity contribution in [2.75, 3.05) is 25.0 Å². The number of benzene rings is 1. The maximum Gasteiger partial charge on any atom is 0.270 e. The number of nitrogens with one attached hydrogen (secondary N) is 2. The van der Waals surface area contributed by atoms with Crippen LogP contribution in [0, 0.1) is 0 Å². The van der Waals surface area contributed by atoms with Crippen molar-refractivity contribution in [1.29, 1.82) is 0 Å². The van der Waals surface area contributed by atoms with E-state index >= 15 is 0 Å². The summed E-state index contributed by atoms with van der Waals surface area (Å²) in [6, 6.07) is 12.3. The molecule has 1 aliphatic rings. The number of thiazole rings is 1. The van der Waals surface area contributed by atoms with Crippen molar-refractivity contribution >= 4 is 22.4 Å². The zero-order valence-electron chi connectivity index (χ0n) is 14.6. The van der Waals surface area contributed by atoms with E-state index in [4.69, 9.17) is 0 Å². The number of nitrogens with zero attached hydrogens (tertiary/aromatic N) is 2. The van der Waals surface area contributed by atoms with E-state index in [0.29, 0.717) is 5.69 Å². The van der Waals surface area contributed by atoms with Crippen molar-refractivity contribution in [3.05, 3.63) is 59.2 Å². The van der Waals surface area contributed by atoms with Crippen molar-refractivity contribution in [2.45, 2.75) is 19.3 Å². The Kier molecular flexibility index (Phi) is 5.02. The van der Waals surface area contributed by atoms with Gasteiger partial charge in [0.25, 0.3) is 5.91 Å². The zero-order chi connectivity index (χ0) is 17.8. The highest BCUT2D eigenvalue weighted by atomic mass is 32.1. The van der Waals surface area contributed by atoms with E-state index in [2.05, 4.69) is 39.6 Å². The van der Waals surface area contributed by atoms with Crippen LogP contribution in [0.1, 0.15) is 28.9 Å². The molecule has 3 aromatic rings. The van der Waals surface area contributed by atoms with Crippen LogP contribution in [-0.2, 0) is 6.42 Å². The lowest BCUT2D eigenvalue weighted by Crippen LogP contribution is -2.27. The number of amides is 1. The largest absolute Gasteiger partial charge is 0.361 e. The van der Waals surface area contributed by atoms with Gasteiger partial charge in [0, 0.05) is 36.8 Å². The third-order valence-electron chi connectivity index (χ3n) is 4.64. The van der Waals surface area contributed by atoms with Crippen LogP contribution in [0.25, 0.3) is 11.3 Å². The summed E-state index contributed by atoms with van der Waals surface area (Å²) in [5.74, 6) is 0.0881. The molecule has 6 heteroatoms. The van der Waals surface area contributed by atoms with Crippen LogP contribution in [-0.4, -0.2) is 40.4 Å². The van der Waals surface area contributed by atoms with Gasteiger partial charge in [0.1, 0.15) is 5.69 Å². The molecule has 2 aromatic heterocycles. The van der Waals surface area contributed by atoms with Gasteiger partial charge in [-0.25, -0.2) is 4.98 Å². The molecule has 0 spiro atoms. The Morgan fingerprint density at radius 3 is 2.85 bits per heavy atom. The molecule has 0 radical (unpaired) electrons. The van der Waals surface area contributed by atoms with Crippen molar-refractivity contribution in [1.82, 2.24) is 14.9 Å². The third-order valence-corrected chi connectivity index (χ3v) is 5.44. The van der Waals surface area contributed by atoms with E-state index in [1.54, 1.807) is 11.3 Å². The number of likely N-dealkylation sites (tertiary alicyclic amines) is 1. The molecule has 0 atom stereocenters. The number of anilines is 1. The van der Waals surface area contributed by atoms with Crippen LogP contribution >= 0.6 is 11.3 Å². The van der Waals surface area contributed by atoms with Gasteiger partial charge in [-0.1, -0.05) is 30.3 Å². The lowest BCUT2D eigenvalue weighted by Gasteiger charge is -2.13. The molecule has 1 fully saturated rings. The van der Waals surface area contributed by atoms with Gasteiger partial charge in [-0.3, -0.25) is 4.79 Å². The van der Waals surface area contributed by atoms with Crippen LogP contribution in [0.2, 0.25) is 0 Å². The molecule has 1 amide bonds. The predicted molar refractivity (Wildman–Crippen MR) is 106 cm³/mol. The first kappa shape index (κ1) is 16.8. The molecule has 4 rings (SSSR count). The highest BCUT2D eigenvalue weighted by Gasteiger charge is 2.21. The van der Waals surface area contributed by atoms with E-state index in [1.165, 1.54) is 5.56 Å². The second-order valence-corrected chi connectivity index (χ2v) is 7.36. The van der Waals surface area contributed by atoms with Gasteiger partial charge >= 0.3 is 0 Å². The second-order valence-electron chi connectivity index (χ2n) is 6.50. The predicted octanol–water partition coefficient (Wildman–Crippen LogP) is 4.03. The summed E-state index contributed by atoms with van der Waals surface area (Å²) >= 11 is 1.59. The van der Waals surface area contributed by atoms with E-state index in [0.717, 1.165) is 55.3 Å². The van der Waals surface area contributed by atoms with Crippen molar-refractivity contribution < 1.29 is 4.79 Å². The Bertz CT molecular complexity index is 865. The monoisotopic (exact) mass is 366 g/mol. The third kappa shape index (κ3) is 3.80. The molecule has 0 aliphatic carbocycles. The standard InChI is InChI=1S/C20H22N4OS/c25-19(24-10-4-5-11-24)17-12-16(13-22-17)18-14-26-20(23-18)21-9-8-15-6-2-1-3-7-15/h1-3,6-7,12-14,22H,4-5,8-11H2,(H,21,23). The Morgan fingerprint density at radius 1 is 1.23 bits per heavy atom. The number of H-pyrrole nitrogens is 1.